The van der Waals surface area contributed by atoms with Crippen molar-refractivity contribution < 1.29 is 9.53 Å². The van der Waals surface area contributed by atoms with E-state index in [1.165, 1.54) is 5.69 Å². The van der Waals surface area contributed by atoms with Gasteiger partial charge in [-0.1, -0.05) is 12.1 Å². The standard InChI is InChI=1S/C18H25N5O2/c24-18(19-7-1-9-23-10-2-8-21-23)20-15-16-3-5-17(6-4-16)22-11-13-25-14-12-22/h2-6,8,10H,1,7,9,11-15H2,(H2,19,20,24). The van der Waals surface area contributed by atoms with Crippen molar-refractivity contribution in [3.8, 4) is 0 Å². The van der Waals surface area contributed by atoms with Crippen molar-refractivity contribution >= 4 is 11.7 Å². The highest BCUT2D eigenvalue weighted by atomic mass is 16.5. The van der Waals surface area contributed by atoms with Gasteiger partial charge in [-0.25, -0.2) is 4.79 Å². The molecule has 0 radical (unpaired) electrons. The van der Waals surface area contributed by atoms with Crippen molar-refractivity contribution in [1.29, 1.82) is 0 Å². The van der Waals surface area contributed by atoms with E-state index >= 15 is 0 Å². The van der Waals surface area contributed by atoms with Crippen LogP contribution in [0.5, 0.6) is 0 Å². The number of carbonyl (C=O) groups is 1. The summed E-state index contributed by atoms with van der Waals surface area (Å²) < 4.78 is 7.23. The van der Waals surface area contributed by atoms with E-state index in [0.717, 1.165) is 44.8 Å². The number of carbonyl (C=O) groups excluding carboxylic acids is 1. The highest BCUT2D eigenvalue weighted by Crippen LogP contribution is 2.16. The average molecular weight is 343 g/mol. The van der Waals surface area contributed by atoms with Crippen molar-refractivity contribution in [3.05, 3.63) is 48.3 Å². The lowest BCUT2D eigenvalue weighted by atomic mass is 10.2. The minimum absolute atomic E-state index is 0.141. The Morgan fingerprint density at radius 3 is 2.68 bits per heavy atom. The third-order valence-corrected chi connectivity index (χ3v) is 4.17. The summed E-state index contributed by atoms with van der Waals surface area (Å²) in [5.41, 5.74) is 2.29. The van der Waals surface area contributed by atoms with Gasteiger partial charge in [0.1, 0.15) is 0 Å². The second-order valence-electron chi connectivity index (χ2n) is 6.00. The number of ether oxygens (including phenoxy) is 1. The molecule has 0 spiro atoms. The first-order valence-electron chi connectivity index (χ1n) is 8.72. The number of hydrogen-bond donors (Lipinski definition) is 2. The lowest BCUT2D eigenvalue weighted by Crippen LogP contribution is -2.36. The van der Waals surface area contributed by atoms with E-state index in [1.54, 1.807) is 6.20 Å². The summed E-state index contributed by atoms with van der Waals surface area (Å²) >= 11 is 0. The van der Waals surface area contributed by atoms with Crippen LogP contribution in [-0.2, 0) is 17.8 Å². The molecule has 1 aromatic carbocycles. The molecule has 2 heterocycles. The number of rotatable bonds is 7. The molecule has 3 rings (SSSR count). The monoisotopic (exact) mass is 343 g/mol. The van der Waals surface area contributed by atoms with Gasteiger partial charge in [-0.15, -0.1) is 0 Å². The van der Waals surface area contributed by atoms with Crippen LogP contribution in [0.3, 0.4) is 0 Å². The molecule has 25 heavy (non-hydrogen) atoms. The quantitative estimate of drug-likeness (QED) is 0.749. The SMILES string of the molecule is O=C(NCCCn1cccn1)NCc1ccc(N2CCOCC2)cc1. The van der Waals surface area contributed by atoms with Gasteiger partial charge in [0.05, 0.1) is 13.2 Å². The number of nitrogens with one attached hydrogen (secondary N) is 2. The Hall–Kier alpha value is -2.54. The molecular weight excluding hydrogens is 318 g/mol. The number of morpholine rings is 1. The summed E-state index contributed by atoms with van der Waals surface area (Å²) in [6.45, 7) is 5.37. The molecular formula is C18H25N5O2. The molecule has 1 saturated heterocycles. The van der Waals surface area contributed by atoms with Crippen LogP contribution < -0.4 is 15.5 Å². The smallest absolute Gasteiger partial charge is 0.315 e. The Labute approximate surface area is 148 Å². The number of nitrogens with zero attached hydrogens (tertiary/aromatic N) is 3. The molecule has 0 atom stereocenters. The van der Waals surface area contributed by atoms with Gasteiger partial charge in [-0.05, 0) is 30.2 Å². The maximum atomic E-state index is 11.8. The van der Waals surface area contributed by atoms with Crippen molar-refractivity contribution in [3.63, 3.8) is 0 Å². The molecule has 0 bridgehead atoms. The summed E-state index contributed by atoms with van der Waals surface area (Å²) in [5, 5.41) is 9.88. The van der Waals surface area contributed by atoms with E-state index in [0.29, 0.717) is 13.1 Å². The predicted molar refractivity (Wildman–Crippen MR) is 96.6 cm³/mol. The molecule has 0 aliphatic carbocycles. The van der Waals surface area contributed by atoms with Crippen LogP contribution in [0.1, 0.15) is 12.0 Å². The van der Waals surface area contributed by atoms with Gasteiger partial charge in [-0.3, -0.25) is 4.68 Å². The van der Waals surface area contributed by atoms with E-state index in [9.17, 15) is 4.79 Å². The Bertz CT molecular complexity index is 636. The fraction of sp³-hybridized carbons (Fsp3) is 0.444. The van der Waals surface area contributed by atoms with Crippen LogP contribution >= 0.6 is 0 Å². The second kappa shape index (κ2) is 9.08. The van der Waals surface area contributed by atoms with Crippen LogP contribution in [0, 0.1) is 0 Å². The van der Waals surface area contributed by atoms with Gasteiger partial charge < -0.3 is 20.3 Å². The molecule has 7 heteroatoms. The van der Waals surface area contributed by atoms with Crippen molar-refractivity contribution in [2.45, 2.75) is 19.5 Å². The summed E-state index contributed by atoms with van der Waals surface area (Å²) in [7, 11) is 0. The molecule has 1 aromatic heterocycles. The number of urea groups is 1. The first-order valence-corrected chi connectivity index (χ1v) is 8.72. The minimum atomic E-state index is -0.141. The summed E-state index contributed by atoms with van der Waals surface area (Å²) in [6.07, 6.45) is 4.52. The van der Waals surface area contributed by atoms with Crippen molar-refractivity contribution in [2.75, 3.05) is 37.7 Å². The molecule has 1 fully saturated rings. The van der Waals surface area contributed by atoms with E-state index in [2.05, 4.69) is 44.9 Å². The van der Waals surface area contributed by atoms with Gasteiger partial charge in [-0.2, -0.15) is 5.10 Å². The van der Waals surface area contributed by atoms with Gasteiger partial charge in [0.15, 0.2) is 0 Å². The number of amides is 2. The molecule has 0 unspecified atom stereocenters. The first-order chi connectivity index (χ1) is 12.3. The Morgan fingerprint density at radius 2 is 1.96 bits per heavy atom. The molecule has 1 aliphatic rings. The third kappa shape index (κ3) is 5.49. The summed E-state index contributed by atoms with van der Waals surface area (Å²) in [4.78, 5) is 14.1. The van der Waals surface area contributed by atoms with Gasteiger partial charge in [0.25, 0.3) is 0 Å². The maximum absolute atomic E-state index is 11.8. The zero-order chi connectivity index (χ0) is 17.3. The number of aromatic nitrogens is 2. The Morgan fingerprint density at radius 1 is 1.16 bits per heavy atom. The molecule has 1 aliphatic heterocycles. The number of benzene rings is 1. The lowest BCUT2D eigenvalue weighted by molar-refractivity contribution is 0.122. The fourth-order valence-corrected chi connectivity index (χ4v) is 2.77. The van der Waals surface area contributed by atoms with Crippen molar-refractivity contribution in [2.24, 2.45) is 0 Å². The van der Waals surface area contributed by atoms with E-state index in [1.807, 2.05) is 16.9 Å². The fourth-order valence-electron chi connectivity index (χ4n) is 2.77. The summed E-state index contributed by atoms with van der Waals surface area (Å²) in [6, 6.07) is 10.1. The van der Waals surface area contributed by atoms with E-state index < -0.39 is 0 Å². The van der Waals surface area contributed by atoms with Crippen LogP contribution in [0.4, 0.5) is 10.5 Å². The normalized spacial score (nSPS) is 14.3. The van der Waals surface area contributed by atoms with Crippen LogP contribution in [0.2, 0.25) is 0 Å². The van der Waals surface area contributed by atoms with Crippen molar-refractivity contribution in [1.82, 2.24) is 20.4 Å². The molecule has 2 amide bonds. The number of hydrogen-bond acceptors (Lipinski definition) is 4. The topological polar surface area (TPSA) is 71.4 Å². The zero-order valence-corrected chi connectivity index (χ0v) is 14.4. The predicted octanol–water partition coefficient (Wildman–Crippen LogP) is 1.61. The Kier molecular flexibility index (Phi) is 6.28. The van der Waals surface area contributed by atoms with Gasteiger partial charge in [0.2, 0.25) is 0 Å². The highest BCUT2D eigenvalue weighted by molar-refractivity contribution is 5.73. The number of aryl methyl sites for hydroxylation is 1. The number of anilines is 1. The molecule has 7 nitrogen and oxygen atoms in total. The van der Waals surface area contributed by atoms with Crippen LogP contribution in [0.15, 0.2) is 42.7 Å². The van der Waals surface area contributed by atoms with E-state index in [-0.39, 0.29) is 6.03 Å². The van der Waals surface area contributed by atoms with Gasteiger partial charge in [0, 0.05) is 50.8 Å². The summed E-state index contributed by atoms with van der Waals surface area (Å²) in [5.74, 6) is 0. The largest absolute Gasteiger partial charge is 0.378 e. The zero-order valence-electron chi connectivity index (χ0n) is 14.4. The minimum Gasteiger partial charge on any atom is -0.378 e. The van der Waals surface area contributed by atoms with Gasteiger partial charge >= 0.3 is 6.03 Å². The second-order valence-corrected chi connectivity index (χ2v) is 6.00. The molecule has 2 N–H and O–H groups in total. The molecule has 0 saturated carbocycles. The van der Waals surface area contributed by atoms with Crippen LogP contribution in [0.25, 0.3) is 0 Å². The average Bonchev–Trinajstić information content (AvgIpc) is 3.18. The van der Waals surface area contributed by atoms with Crippen LogP contribution in [-0.4, -0.2) is 48.7 Å². The lowest BCUT2D eigenvalue weighted by Gasteiger charge is -2.28. The first kappa shape index (κ1) is 17.3. The molecule has 134 valence electrons. The maximum Gasteiger partial charge on any atom is 0.315 e. The van der Waals surface area contributed by atoms with E-state index in [4.69, 9.17) is 4.74 Å². The molecule has 2 aromatic rings. The highest BCUT2D eigenvalue weighted by Gasteiger charge is 2.10. The Balaban J connectivity index is 1.34. The third-order valence-electron chi connectivity index (χ3n) is 4.17.